The van der Waals surface area contributed by atoms with Gasteiger partial charge in [0.15, 0.2) is 0 Å². The highest BCUT2D eigenvalue weighted by atomic mass is 16.5. The van der Waals surface area contributed by atoms with E-state index in [-0.39, 0.29) is 0 Å². The molecule has 1 aliphatic heterocycles. The van der Waals surface area contributed by atoms with E-state index in [2.05, 4.69) is 13.6 Å². The molecule has 0 aromatic rings. The van der Waals surface area contributed by atoms with Crippen LogP contribution >= 0.6 is 0 Å². The Bertz CT molecular complexity index is 101. The van der Waals surface area contributed by atoms with E-state index in [1.54, 1.807) is 4.90 Å². The Morgan fingerprint density at radius 3 is 2.88 bits per heavy atom. The van der Waals surface area contributed by atoms with Crippen LogP contribution in [0.15, 0.2) is 12.3 Å². The van der Waals surface area contributed by atoms with Crippen molar-refractivity contribution in [1.82, 2.24) is 4.90 Å². The third kappa shape index (κ3) is 1.01. The monoisotopic (exact) mass is 112 g/mol. The highest BCUT2D eigenvalue weighted by Crippen LogP contribution is 2.09. The number of rotatable bonds is 0. The van der Waals surface area contributed by atoms with Crippen molar-refractivity contribution in [1.29, 1.82) is 0 Å². The van der Waals surface area contributed by atoms with Gasteiger partial charge >= 0.3 is 0 Å². The van der Waals surface area contributed by atoms with Gasteiger partial charge in [-0.1, -0.05) is 6.58 Å². The van der Waals surface area contributed by atoms with Gasteiger partial charge in [0.05, 0.1) is 13.3 Å². The van der Waals surface area contributed by atoms with E-state index in [1.165, 1.54) is 0 Å². The summed E-state index contributed by atoms with van der Waals surface area (Å²) in [6, 6.07) is 0. The van der Waals surface area contributed by atoms with Gasteiger partial charge in [-0.3, -0.25) is 7.05 Å². The van der Waals surface area contributed by atoms with Gasteiger partial charge in [-0.15, -0.1) is 0 Å². The Balaban J connectivity index is 2.39. The first-order valence-corrected chi connectivity index (χ1v) is 2.64. The van der Waals surface area contributed by atoms with Gasteiger partial charge in [-0.05, 0) is 5.70 Å². The van der Waals surface area contributed by atoms with Crippen LogP contribution in [0.4, 0.5) is 0 Å². The third-order valence-corrected chi connectivity index (χ3v) is 1.23. The van der Waals surface area contributed by atoms with Crippen molar-refractivity contribution in [3.63, 3.8) is 0 Å². The van der Waals surface area contributed by atoms with Crippen LogP contribution in [0, 0.1) is 7.05 Å². The highest BCUT2D eigenvalue weighted by Gasteiger charge is 2.01. The zero-order valence-corrected chi connectivity index (χ0v) is 4.89. The van der Waals surface area contributed by atoms with Crippen molar-refractivity contribution >= 4 is 0 Å². The summed E-state index contributed by atoms with van der Waals surface area (Å²) in [4.78, 5) is 1.77. The fraction of sp³-hybridized carbons (Fsp3) is 0.500. The Labute approximate surface area is 49.7 Å². The molecule has 0 bridgehead atoms. The van der Waals surface area contributed by atoms with Gasteiger partial charge in [-0.25, -0.2) is 0 Å². The van der Waals surface area contributed by atoms with Crippen molar-refractivity contribution in [3.8, 4) is 0 Å². The molecular formula is C6H10NO-. The maximum Gasteiger partial charge on any atom is 0.0909 e. The summed E-state index contributed by atoms with van der Waals surface area (Å²) in [6.07, 6.45) is 0.920. The molecule has 1 fully saturated rings. The van der Waals surface area contributed by atoms with Gasteiger partial charge in [0, 0.05) is 6.42 Å². The molecule has 0 aromatic carbocycles. The predicted octanol–water partition coefficient (Wildman–Crippen LogP) is 0.971. The summed E-state index contributed by atoms with van der Waals surface area (Å²) in [5.41, 5.74) is 1.07. The first kappa shape index (κ1) is 5.63. The zero-order valence-electron chi connectivity index (χ0n) is 4.89. The molecule has 0 aliphatic carbocycles. The van der Waals surface area contributed by atoms with Crippen molar-refractivity contribution in [3.05, 3.63) is 19.3 Å². The van der Waals surface area contributed by atoms with Crippen LogP contribution < -0.4 is 0 Å². The van der Waals surface area contributed by atoms with E-state index in [4.69, 9.17) is 4.74 Å². The van der Waals surface area contributed by atoms with Crippen LogP contribution in [0.3, 0.4) is 0 Å². The minimum absolute atomic E-state index is 0.596. The Morgan fingerprint density at radius 1 is 1.75 bits per heavy atom. The minimum Gasteiger partial charge on any atom is -0.508 e. The van der Waals surface area contributed by atoms with Gasteiger partial charge in [-0.2, -0.15) is 0 Å². The van der Waals surface area contributed by atoms with Gasteiger partial charge < -0.3 is 9.64 Å². The normalized spacial score (nSPS) is 21.6. The zero-order chi connectivity index (χ0) is 5.98. The summed E-state index contributed by atoms with van der Waals surface area (Å²) >= 11 is 0. The predicted molar refractivity (Wildman–Crippen MR) is 31.8 cm³/mol. The van der Waals surface area contributed by atoms with Crippen LogP contribution in [0.25, 0.3) is 0 Å². The molecule has 1 rings (SSSR count). The summed E-state index contributed by atoms with van der Waals surface area (Å²) in [7, 11) is 3.69. The number of ether oxygens (including phenoxy) is 1. The van der Waals surface area contributed by atoms with Gasteiger partial charge in [0.2, 0.25) is 0 Å². The van der Waals surface area contributed by atoms with Crippen LogP contribution in [-0.2, 0) is 4.74 Å². The molecule has 0 radical (unpaired) electrons. The fourth-order valence-corrected chi connectivity index (χ4v) is 0.614. The second-order valence-electron chi connectivity index (χ2n) is 1.89. The van der Waals surface area contributed by atoms with Gasteiger partial charge in [0.1, 0.15) is 0 Å². The Hall–Kier alpha value is -0.500. The maximum absolute atomic E-state index is 5.05. The Kier molecular flexibility index (Phi) is 1.53. The van der Waals surface area contributed by atoms with Gasteiger partial charge in [0.25, 0.3) is 0 Å². The fourth-order valence-electron chi connectivity index (χ4n) is 0.614. The first-order valence-electron chi connectivity index (χ1n) is 2.64. The average molecular weight is 112 g/mol. The lowest BCUT2D eigenvalue weighted by Gasteiger charge is -2.33. The number of nitrogens with zero attached hydrogens (tertiary/aromatic N) is 1. The largest absolute Gasteiger partial charge is 0.508 e. The van der Waals surface area contributed by atoms with E-state index < -0.39 is 0 Å². The molecule has 8 heavy (non-hydrogen) atoms. The van der Waals surface area contributed by atoms with Crippen molar-refractivity contribution in [2.75, 3.05) is 13.3 Å². The molecule has 1 heterocycles. The number of hydrogen-bond acceptors (Lipinski definition) is 2. The van der Waals surface area contributed by atoms with Crippen LogP contribution in [0.2, 0.25) is 0 Å². The number of hydrogen-bond donors (Lipinski definition) is 0. The molecule has 46 valence electrons. The molecule has 0 saturated carbocycles. The third-order valence-electron chi connectivity index (χ3n) is 1.23. The lowest BCUT2D eigenvalue weighted by atomic mass is 10.3. The average Bonchev–Trinajstić information content (AvgIpc) is 1.77. The molecule has 2 nitrogen and oxygen atoms in total. The quantitative estimate of drug-likeness (QED) is 0.433. The first-order chi connectivity index (χ1) is 3.80. The van der Waals surface area contributed by atoms with E-state index in [0.717, 1.165) is 18.7 Å². The summed E-state index contributed by atoms with van der Waals surface area (Å²) in [5, 5.41) is 0. The minimum atomic E-state index is 0.596. The maximum atomic E-state index is 5.05. The van der Waals surface area contributed by atoms with E-state index in [9.17, 15) is 0 Å². The van der Waals surface area contributed by atoms with E-state index in [1.807, 2.05) is 0 Å². The summed E-state index contributed by atoms with van der Waals surface area (Å²) in [5.74, 6) is 0. The molecular weight excluding hydrogens is 102 g/mol. The highest BCUT2D eigenvalue weighted by molar-refractivity contribution is 4.94. The van der Waals surface area contributed by atoms with Crippen LogP contribution in [-0.4, -0.2) is 18.2 Å². The SMILES string of the molecule is C=C1CCOCN1[CH2-]. The lowest BCUT2D eigenvalue weighted by Crippen LogP contribution is -2.24. The summed E-state index contributed by atoms with van der Waals surface area (Å²) < 4.78 is 5.05. The van der Waals surface area contributed by atoms with Crippen molar-refractivity contribution in [2.45, 2.75) is 6.42 Å². The van der Waals surface area contributed by atoms with E-state index in [0.29, 0.717) is 6.73 Å². The van der Waals surface area contributed by atoms with Crippen molar-refractivity contribution in [2.24, 2.45) is 0 Å². The van der Waals surface area contributed by atoms with Crippen LogP contribution in [0.1, 0.15) is 6.42 Å². The molecule has 0 spiro atoms. The molecule has 0 aromatic heterocycles. The van der Waals surface area contributed by atoms with Crippen LogP contribution in [0.5, 0.6) is 0 Å². The molecule has 2 heteroatoms. The molecule has 0 amide bonds. The molecule has 0 N–H and O–H groups in total. The topological polar surface area (TPSA) is 12.5 Å². The van der Waals surface area contributed by atoms with Crippen molar-refractivity contribution < 1.29 is 4.74 Å². The second kappa shape index (κ2) is 2.18. The molecule has 0 unspecified atom stereocenters. The standard InChI is InChI=1S/C6H10NO/c1-6-3-4-8-5-7(6)2/h1-5H2/q-1. The summed E-state index contributed by atoms with van der Waals surface area (Å²) in [6.45, 7) is 5.17. The Morgan fingerprint density at radius 2 is 2.50 bits per heavy atom. The smallest absolute Gasteiger partial charge is 0.0909 e. The molecule has 1 saturated heterocycles. The second-order valence-corrected chi connectivity index (χ2v) is 1.89. The molecule has 1 aliphatic rings. The van der Waals surface area contributed by atoms with E-state index >= 15 is 0 Å². The lowest BCUT2D eigenvalue weighted by molar-refractivity contribution is 0.0364. The molecule has 0 atom stereocenters.